The van der Waals surface area contributed by atoms with Crippen LogP contribution in [0.2, 0.25) is 0 Å². The first-order valence-corrected chi connectivity index (χ1v) is 7.76. The Morgan fingerprint density at radius 1 is 0.762 bits per heavy atom. The number of H-pyrrole nitrogens is 1. The van der Waals surface area contributed by atoms with Crippen molar-refractivity contribution < 1.29 is 0 Å². The van der Waals surface area contributed by atoms with E-state index in [1.54, 1.807) is 0 Å². The first-order valence-electron chi connectivity index (χ1n) is 7.76. The van der Waals surface area contributed by atoms with Gasteiger partial charge in [-0.05, 0) is 31.5 Å². The van der Waals surface area contributed by atoms with Crippen molar-refractivity contribution in [1.29, 1.82) is 0 Å². The minimum atomic E-state index is 0.936. The topological polar surface area (TPSA) is 28.7 Å². The van der Waals surface area contributed by atoms with Crippen LogP contribution in [0.4, 0.5) is 0 Å². The van der Waals surface area contributed by atoms with Crippen LogP contribution in [-0.2, 0) is 0 Å². The fourth-order valence-electron chi connectivity index (χ4n) is 1.97. The second kappa shape index (κ2) is 8.25. The molecule has 0 aliphatic heterocycles. The number of aromatic amines is 1. The monoisotopic (exact) mass is 282 g/mol. The van der Waals surface area contributed by atoms with E-state index in [4.69, 9.17) is 0 Å². The maximum Gasteiger partial charge on any atom is 0.138 e. The highest BCUT2D eigenvalue weighted by Gasteiger charge is 2.04. The van der Waals surface area contributed by atoms with E-state index in [1.165, 1.54) is 11.1 Å². The van der Waals surface area contributed by atoms with Gasteiger partial charge in [-0.15, -0.1) is 0 Å². The van der Waals surface area contributed by atoms with Crippen LogP contribution in [0.5, 0.6) is 0 Å². The molecule has 1 heterocycles. The number of aromatic nitrogens is 2. The Morgan fingerprint density at radius 3 is 1.95 bits per heavy atom. The van der Waals surface area contributed by atoms with Gasteiger partial charge < -0.3 is 4.98 Å². The van der Waals surface area contributed by atoms with Crippen molar-refractivity contribution in [3.63, 3.8) is 0 Å². The molecule has 1 N–H and O–H groups in total. The van der Waals surface area contributed by atoms with E-state index < -0.39 is 0 Å². The predicted octanol–water partition coefficient (Wildman–Crippen LogP) is 5.90. The summed E-state index contributed by atoms with van der Waals surface area (Å²) in [7, 11) is 0. The number of rotatable bonds is 1. The van der Waals surface area contributed by atoms with Crippen molar-refractivity contribution in [2.24, 2.45) is 0 Å². The van der Waals surface area contributed by atoms with Crippen molar-refractivity contribution in [3.8, 4) is 11.4 Å². The third-order valence-electron chi connectivity index (χ3n) is 2.96. The molecule has 0 amide bonds. The van der Waals surface area contributed by atoms with Crippen LogP contribution < -0.4 is 0 Å². The molecule has 0 saturated carbocycles. The third kappa shape index (κ3) is 4.19. The van der Waals surface area contributed by atoms with Crippen LogP contribution >= 0.6 is 0 Å². The summed E-state index contributed by atoms with van der Waals surface area (Å²) >= 11 is 0. The van der Waals surface area contributed by atoms with E-state index in [0.717, 1.165) is 22.4 Å². The SMILES string of the molecule is CC.CC.Cc1ccc(-c2nc3ccc(C)cc3[nH]2)cc1. The molecule has 0 bridgehead atoms. The normalized spacial score (nSPS) is 9.43. The summed E-state index contributed by atoms with van der Waals surface area (Å²) < 4.78 is 0. The maximum absolute atomic E-state index is 4.60. The molecule has 0 saturated heterocycles. The molecule has 3 rings (SSSR count). The first-order chi connectivity index (χ1) is 10.2. The lowest BCUT2D eigenvalue weighted by atomic mass is 10.1. The number of imidazole rings is 1. The van der Waals surface area contributed by atoms with E-state index in [2.05, 4.69) is 66.3 Å². The smallest absolute Gasteiger partial charge is 0.138 e. The summed E-state index contributed by atoms with van der Waals surface area (Å²) in [5.74, 6) is 0.936. The molecule has 0 unspecified atom stereocenters. The lowest BCUT2D eigenvalue weighted by Crippen LogP contribution is -1.80. The van der Waals surface area contributed by atoms with Gasteiger partial charge in [0, 0.05) is 5.56 Å². The summed E-state index contributed by atoms with van der Waals surface area (Å²) in [4.78, 5) is 7.96. The molecule has 1 aromatic heterocycles. The van der Waals surface area contributed by atoms with Gasteiger partial charge in [-0.25, -0.2) is 4.98 Å². The van der Waals surface area contributed by atoms with Crippen LogP contribution in [0, 0.1) is 13.8 Å². The summed E-state index contributed by atoms with van der Waals surface area (Å²) in [6.45, 7) is 12.2. The minimum absolute atomic E-state index is 0.936. The number of nitrogens with one attached hydrogen (secondary N) is 1. The number of aryl methyl sites for hydroxylation is 2. The number of nitrogens with zero attached hydrogens (tertiary/aromatic N) is 1. The van der Waals surface area contributed by atoms with Gasteiger partial charge in [-0.2, -0.15) is 0 Å². The summed E-state index contributed by atoms with van der Waals surface area (Å²) in [6, 6.07) is 14.7. The Morgan fingerprint density at radius 2 is 1.33 bits per heavy atom. The Bertz CT molecular complexity index is 664. The zero-order valence-electron chi connectivity index (χ0n) is 14.0. The molecule has 21 heavy (non-hydrogen) atoms. The molecular formula is C19H26N2. The van der Waals surface area contributed by atoms with E-state index in [0.29, 0.717) is 0 Å². The third-order valence-corrected chi connectivity index (χ3v) is 2.96. The summed E-state index contributed by atoms with van der Waals surface area (Å²) in [5, 5.41) is 0. The molecule has 2 aromatic carbocycles. The molecule has 2 heteroatoms. The van der Waals surface area contributed by atoms with Gasteiger partial charge in [-0.1, -0.05) is 63.6 Å². The zero-order chi connectivity index (χ0) is 15.8. The number of fused-ring (bicyclic) bond motifs is 1. The summed E-state index contributed by atoms with van der Waals surface area (Å²) in [6.07, 6.45) is 0. The lowest BCUT2D eigenvalue weighted by molar-refractivity contribution is 1.33. The molecule has 0 fully saturated rings. The van der Waals surface area contributed by atoms with Gasteiger partial charge in [-0.3, -0.25) is 0 Å². The second-order valence-corrected chi connectivity index (χ2v) is 4.47. The zero-order valence-corrected chi connectivity index (χ0v) is 14.0. The largest absolute Gasteiger partial charge is 0.338 e. The Balaban J connectivity index is 0.000000510. The first kappa shape index (κ1) is 17.0. The maximum atomic E-state index is 4.60. The molecule has 0 radical (unpaired) electrons. The van der Waals surface area contributed by atoms with Gasteiger partial charge in [0.05, 0.1) is 11.0 Å². The summed E-state index contributed by atoms with van der Waals surface area (Å²) in [5.41, 5.74) is 5.76. The van der Waals surface area contributed by atoms with Gasteiger partial charge in [0.15, 0.2) is 0 Å². The van der Waals surface area contributed by atoms with E-state index >= 15 is 0 Å². The van der Waals surface area contributed by atoms with Gasteiger partial charge in [0.1, 0.15) is 5.82 Å². The van der Waals surface area contributed by atoms with Crippen LogP contribution in [0.3, 0.4) is 0 Å². The number of benzene rings is 2. The highest BCUT2D eigenvalue weighted by molar-refractivity contribution is 5.79. The molecule has 2 nitrogen and oxygen atoms in total. The van der Waals surface area contributed by atoms with Crippen LogP contribution in [-0.4, -0.2) is 9.97 Å². The Hall–Kier alpha value is -2.09. The van der Waals surface area contributed by atoms with Crippen molar-refractivity contribution in [2.45, 2.75) is 41.5 Å². The van der Waals surface area contributed by atoms with Gasteiger partial charge in [0.2, 0.25) is 0 Å². The van der Waals surface area contributed by atoms with Crippen molar-refractivity contribution >= 4 is 11.0 Å². The molecule has 0 aliphatic carbocycles. The number of hydrogen-bond acceptors (Lipinski definition) is 1. The lowest BCUT2D eigenvalue weighted by Gasteiger charge is -1.96. The van der Waals surface area contributed by atoms with Crippen LogP contribution in [0.1, 0.15) is 38.8 Å². The standard InChI is InChI=1S/C15H14N2.2C2H6/c1-10-3-6-12(7-4-10)15-16-13-8-5-11(2)9-14(13)17-15;2*1-2/h3-9H,1-2H3,(H,16,17);2*1-2H3. The second-order valence-electron chi connectivity index (χ2n) is 4.47. The minimum Gasteiger partial charge on any atom is -0.338 e. The van der Waals surface area contributed by atoms with Crippen molar-refractivity contribution in [3.05, 3.63) is 53.6 Å². The fourth-order valence-corrected chi connectivity index (χ4v) is 1.97. The van der Waals surface area contributed by atoms with Crippen LogP contribution in [0.15, 0.2) is 42.5 Å². The predicted molar refractivity (Wildman–Crippen MR) is 93.7 cm³/mol. The van der Waals surface area contributed by atoms with Crippen molar-refractivity contribution in [2.75, 3.05) is 0 Å². The molecule has 3 aromatic rings. The Kier molecular flexibility index (Phi) is 6.67. The average molecular weight is 282 g/mol. The molecular weight excluding hydrogens is 256 g/mol. The highest BCUT2D eigenvalue weighted by Crippen LogP contribution is 2.21. The van der Waals surface area contributed by atoms with Crippen LogP contribution in [0.25, 0.3) is 22.4 Å². The molecule has 0 aliphatic rings. The average Bonchev–Trinajstić information content (AvgIpc) is 2.95. The van der Waals surface area contributed by atoms with Gasteiger partial charge in [0.25, 0.3) is 0 Å². The quantitative estimate of drug-likeness (QED) is 0.591. The van der Waals surface area contributed by atoms with Gasteiger partial charge >= 0.3 is 0 Å². The van der Waals surface area contributed by atoms with E-state index in [-0.39, 0.29) is 0 Å². The Labute approximate surface area is 128 Å². The van der Waals surface area contributed by atoms with Crippen molar-refractivity contribution in [1.82, 2.24) is 9.97 Å². The highest BCUT2D eigenvalue weighted by atomic mass is 14.9. The molecule has 112 valence electrons. The molecule has 0 spiro atoms. The molecule has 0 atom stereocenters. The van der Waals surface area contributed by atoms with E-state index in [9.17, 15) is 0 Å². The number of hydrogen-bond donors (Lipinski definition) is 1. The van der Waals surface area contributed by atoms with E-state index in [1.807, 2.05) is 27.7 Å². The fraction of sp³-hybridized carbons (Fsp3) is 0.316.